The minimum Gasteiger partial charge on any atom is -0.497 e. The quantitative estimate of drug-likeness (QED) is 0.818. The van der Waals surface area contributed by atoms with Gasteiger partial charge in [-0.1, -0.05) is 19.1 Å². The predicted octanol–water partition coefficient (Wildman–Crippen LogP) is 4.37. The summed E-state index contributed by atoms with van der Waals surface area (Å²) in [5, 5.41) is 0.412. The fourth-order valence-corrected chi connectivity index (χ4v) is 3.75. The van der Waals surface area contributed by atoms with E-state index >= 15 is 0 Å². The second-order valence-corrected chi connectivity index (χ2v) is 6.97. The van der Waals surface area contributed by atoms with Crippen LogP contribution in [0.3, 0.4) is 0 Å². The van der Waals surface area contributed by atoms with Gasteiger partial charge in [-0.2, -0.15) is 0 Å². The highest BCUT2D eigenvalue weighted by atomic mass is 32.2. The second kappa shape index (κ2) is 6.62. The summed E-state index contributed by atoms with van der Waals surface area (Å²) in [4.78, 5) is 15.6. The maximum atomic E-state index is 14.3. The molecule has 1 atom stereocenters. The number of amides is 1. The number of methoxy groups -OCH3 is 1. The van der Waals surface area contributed by atoms with Gasteiger partial charge in [0.2, 0.25) is 0 Å². The van der Waals surface area contributed by atoms with Crippen molar-refractivity contribution in [3.8, 4) is 5.75 Å². The monoisotopic (exact) mass is 331 g/mol. The molecule has 0 saturated heterocycles. The number of hydrogen-bond acceptors (Lipinski definition) is 3. The van der Waals surface area contributed by atoms with Gasteiger partial charge in [0.15, 0.2) is 0 Å². The van der Waals surface area contributed by atoms with E-state index in [9.17, 15) is 9.18 Å². The largest absolute Gasteiger partial charge is 0.497 e. The Morgan fingerprint density at radius 3 is 2.83 bits per heavy atom. The zero-order valence-electron chi connectivity index (χ0n) is 13.1. The highest BCUT2D eigenvalue weighted by Crippen LogP contribution is 2.38. The van der Waals surface area contributed by atoms with Gasteiger partial charge in [-0.05, 0) is 30.7 Å². The summed E-state index contributed by atoms with van der Waals surface area (Å²) < 4.78 is 19.3. The minimum atomic E-state index is -0.559. The molecule has 120 valence electrons. The summed E-state index contributed by atoms with van der Waals surface area (Å²) in [6.45, 7) is 2.72. The highest BCUT2D eigenvalue weighted by Gasteiger charge is 2.26. The number of ether oxygens (including phenoxy) is 1. The molecule has 0 N–H and O–H groups in total. The Bertz CT molecular complexity index is 735. The van der Waals surface area contributed by atoms with Gasteiger partial charge in [0.25, 0.3) is 5.91 Å². The van der Waals surface area contributed by atoms with E-state index < -0.39 is 5.82 Å². The van der Waals surface area contributed by atoms with Crippen molar-refractivity contribution in [3.63, 3.8) is 0 Å². The summed E-state index contributed by atoms with van der Waals surface area (Å²) in [6.07, 6.45) is 0.864. The van der Waals surface area contributed by atoms with E-state index in [2.05, 4.69) is 6.92 Å². The standard InChI is InChI=1S/C18H18FNO2S/c1-12-9-10-20(16-5-3-4-6-17(16)23-12)18(21)14-8-7-13(22-2)11-15(14)19/h3-8,11-12H,9-10H2,1-2H3. The molecular formula is C18H18FNO2S. The van der Waals surface area contributed by atoms with Crippen LogP contribution < -0.4 is 9.64 Å². The smallest absolute Gasteiger partial charge is 0.261 e. The van der Waals surface area contributed by atoms with Crippen LogP contribution in [-0.2, 0) is 0 Å². The molecule has 0 bridgehead atoms. The first-order chi connectivity index (χ1) is 11.1. The Hall–Kier alpha value is -2.01. The molecule has 3 nitrogen and oxygen atoms in total. The van der Waals surface area contributed by atoms with Crippen LogP contribution in [-0.4, -0.2) is 24.8 Å². The van der Waals surface area contributed by atoms with Crippen molar-refractivity contribution >= 4 is 23.4 Å². The lowest BCUT2D eigenvalue weighted by molar-refractivity contribution is 0.0982. The topological polar surface area (TPSA) is 29.5 Å². The zero-order valence-corrected chi connectivity index (χ0v) is 13.9. The van der Waals surface area contributed by atoms with Crippen molar-refractivity contribution in [3.05, 3.63) is 53.8 Å². The summed E-state index contributed by atoms with van der Waals surface area (Å²) in [5.41, 5.74) is 0.919. The van der Waals surface area contributed by atoms with Gasteiger partial charge < -0.3 is 9.64 Å². The van der Waals surface area contributed by atoms with E-state index in [-0.39, 0.29) is 11.5 Å². The summed E-state index contributed by atoms with van der Waals surface area (Å²) in [5.74, 6) is -0.469. The summed E-state index contributed by atoms with van der Waals surface area (Å²) in [7, 11) is 1.47. The van der Waals surface area contributed by atoms with Crippen LogP contribution in [0.5, 0.6) is 5.75 Å². The van der Waals surface area contributed by atoms with Crippen LogP contribution in [0.25, 0.3) is 0 Å². The Kier molecular flexibility index (Phi) is 4.57. The van der Waals surface area contributed by atoms with Crippen molar-refractivity contribution in [2.24, 2.45) is 0 Å². The first kappa shape index (κ1) is 15.9. The van der Waals surface area contributed by atoms with Crippen molar-refractivity contribution in [2.45, 2.75) is 23.5 Å². The van der Waals surface area contributed by atoms with Crippen LogP contribution in [0.2, 0.25) is 0 Å². The number of fused-ring (bicyclic) bond motifs is 1. The molecule has 2 aromatic carbocycles. The third-order valence-corrected chi connectivity index (χ3v) is 5.13. The summed E-state index contributed by atoms with van der Waals surface area (Å²) >= 11 is 1.75. The van der Waals surface area contributed by atoms with E-state index in [0.29, 0.717) is 17.5 Å². The molecule has 5 heteroatoms. The minimum absolute atomic E-state index is 0.0696. The Balaban J connectivity index is 1.99. The van der Waals surface area contributed by atoms with E-state index in [0.717, 1.165) is 17.0 Å². The third kappa shape index (κ3) is 3.20. The fourth-order valence-electron chi connectivity index (χ4n) is 2.64. The lowest BCUT2D eigenvalue weighted by Crippen LogP contribution is -2.32. The Morgan fingerprint density at radius 1 is 1.30 bits per heavy atom. The molecule has 0 aliphatic carbocycles. The van der Waals surface area contributed by atoms with E-state index in [1.807, 2.05) is 24.3 Å². The molecule has 1 aliphatic rings. The average molecular weight is 331 g/mol. The molecule has 0 saturated carbocycles. The van der Waals surface area contributed by atoms with Crippen LogP contribution >= 0.6 is 11.8 Å². The zero-order chi connectivity index (χ0) is 16.4. The van der Waals surface area contributed by atoms with Gasteiger partial charge in [0, 0.05) is 22.8 Å². The number of carbonyl (C=O) groups excluding carboxylic acids is 1. The number of para-hydroxylation sites is 1. The Morgan fingerprint density at radius 2 is 2.09 bits per heavy atom. The number of rotatable bonds is 2. The lowest BCUT2D eigenvalue weighted by atomic mass is 10.1. The van der Waals surface area contributed by atoms with Gasteiger partial charge >= 0.3 is 0 Å². The Labute approximate surface area is 139 Å². The number of benzene rings is 2. The number of anilines is 1. The molecule has 3 rings (SSSR count). The second-order valence-electron chi connectivity index (χ2n) is 5.49. The van der Waals surface area contributed by atoms with Crippen molar-refractivity contribution in [1.29, 1.82) is 0 Å². The molecule has 0 fully saturated rings. The molecule has 1 heterocycles. The van der Waals surface area contributed by atoms with E-state index in [1.54, 1.807) is 22.7 Å². The molecule has 1 aliphatic heterocycles. The van der Waals surface area contributed by atoms with Crippen LogP contribution in [0, 0.1) is 5.82 Å². The molecule has 0 radical (unpaired) electrons. The highest BCUT2D eigenvalue weighted by molar-refractivity contribution is 8.00. The van der Waals surface area contributed by atoms with Crippen LogP contribution in [0.1, 0.15) is 23.7 Å². The normalized spacial score (nSPS) is 17.3. The molecule has 1 unspecified atom stereocenters. The van der Waals surface area contributed by atoms with E-state index in [1.165, 1.54) is 19.2 Å². The van der Waals surface area contributed by atoms with Gasteiger partial charge in [0.05, 0.1) is 18.4 Å². The van der Waals surface area contributed by atoms with Crippen molar-refractivity contribution in [2.75, 3.05) is 18.6 Å². The fraction of sp³-hybridized carbons (Fsp3) is 0.278. The first-order valence-electron chi connectivity index (χ1n) is 7.51. The van der Waals surface area contributed by atoms with Crippen LogP contribution in [0.15, 0.2) is 47.4 Å². The average Bonchev–Trinajstić information content (AvgIpc) is 2.72. The van der Waals surface area contributed by atoms with Crippen molar-refractivity contribution in [1.82, 2.24) is 0 Å². The number of thioether (sulfide) groups is 1. The number of nitrogens with zero attached hydrogens (tertiary/aromatic N) is 1. The molecular weight excluding hydrogens is 313 g/mol. The molecule has 0 spiro atoms. The summed E-state index contributed by atoms with van der Waals surface area (Å²) in [6, 6.07) is 12.1. The van der Waals surface area contributed by atoms with Gasteiger partial charge in [-0.3, -0.25) is 4.79 Å². The van der Waals surface area contributed by atoms with Crippen molar-refractivity contribution < 1.29 is 13.9 Å². The van der Waals surface area contributed by atoms with Gasteiger partial charge in [0.1, 0.15) is 11.6 Å². The molecule has 23 heavy (non-hydrogen) atoms. The number of carbonyl (C=O) groups is 1. The van der Waals surface area contributed by atoms with Gasteiger partial charge in [-0.15, -0.1) is 11.8 Å². The number of hydrogen-bond donors (Lipinski definition) is 0. The first-order valence-corrected chi connectivity index (χ1v) is 8.39. The molecule has 1 amide bonds. The van der Waals surface area contributed by atoms with E-state index in [4.69, 9.17) is 4.74 Å². The SMILES string of the molecule is COc1ccc(C(=O)N2CCC(C)Sc3ccccc32)c(F)c1. The number of halogens is 1. The predicted molar refractivity (Wildman–Crippen MR) is 91.0 cm³/mol. The molecule has 0 aromatic heterocycles. The van der Waals surface area contributed by atoms with Gasteiger partial charge in [-0.25, -0.2) is 4.39 Å². The van der Waals surface area contributed by atoms with Crippen LogP contribution in [0.4, 0.5) is 10.1 Å². The third-order valence-electron chi connectivity index (χ3n) is 3.90. The lowest BCUT2D eigenvalue weighted by Gasteiger charge is -2.23. The molecule has 2 aromatic rings. The maximum Gasteiger partial charge on any atom is 0.261 e. The maximum absolute atomic E-state index is 14.3.